The fourth-order valence-corrected chi connectivity index (χ4v) is 2.42. The Balaban J connectivity index is 1.98. The highest BCUT2D eigenvalue weighted by Crippen LogP contribution is 2.39. The van der Waals surface area contributed by atoms with Gasteiger partial charge < -0.3 is 10.5 Å². The van der Waals surface area contributed by atoms with Crippen molar-refractivity contribution in [1.82, 2.24) is 0 Å². The van der Waals surface area contributed by atoms with Gasteiger partial charge >= 0.3 is 0 Å². The molecule has 0 fully saturated rings. The minimum atomic E-state index is -1.48. The van der Waals surface area contributed by atoms with Crippen LogP contribution in [-0.2, 0) is 0 Å². The van der Waals surface area contributed by atoms with Crippen molar-refractivity contribution in [3.05, 3.63) is 65.0 Å². The molecule has 2 aromatic rings. The van der Waals surface area contributed by atoms with Gasteiger partial charge in [-0.3, -0.25) is 0 Å². The normalized spacial score (nSPS) is 21.2. The van der Waals surface area contributed by atoms with Crippen molar-refractivity contribution in [3.63, 3.8) is 0 Å². The maximum absolute atomic E-state index is 13.3. The Morgan fingerprint density at radius 1 is 1.05 bits per heavy atom. The van der Waals surface area contributed by atoms with Gasteiger partial charge in [0.1, 0.15) is 11.9 Å². The van der Waals surface area contributed by atoms with Crippen LogP contribution < -0.4 is 10.5 Å². The van der Waals surface area contributed by atoms with Crippen LogP contribution in [0.2, 0.25) is 0 Å². The minimum Gasteiger partial charge on any atom is -0.485 e. The SMILES string of the molecule is N[C@@H]1CC(c2cc(F)c(F)c(F)c2)Oc2ccccc21. The molecule has 0 aliphatic carbocycles. The van der Waals surface area contributed by atoms with Gasteiger partial charge in [-0.15, -0.1) is 0 Å². The molecule has 1 unspecified atom stereocenters. The molecule has 0 saturated heterocycles. The van der Waals surface area contributed by atoms with E-state index in [1.165, 1.54) is 0 Å². The quantitative estimate of drug-likeness (QED) is 0.809. The summed E-state index contributed by atoms with van der Waals surface area (Å²) in [7, 11) is 0. The lowest BCUT2D eigenvalue weighted by Crippen LogP contribution is -2.24. The summed E-state index contributed by atoms with van der Waals surface area (Å²) in [5.41, 5.74) is 7.13. The first-order valence-electron chi connectivity index (χ1n) is 6.22. The average molecular weight is 279 g/mol. The number of fused-ring (bicyclic) bond motifs is 1. The largest absolute Gasteiger partial charge is 0.485 e. The van der Waals surface area contributed by atoms with Crippen molar-refractivity contribution in [3.8, 4) is 5.75 Å². The first-order chi connectivity index (χ1) is 9.56. The van der Waals surface area contributed by atoms with E-state index >= 15 is 0 Å². The van der Waals surface area contributed by atoms with E-state index in [-0.39, 0.29) is 11.6 Å². The van der Waals surface area contributed by atoms with E-state index in [2.05, 4.69) is 0 Å². The van der Waals surface area contributed by atoms with Crippen molar-refractivity contribution in [2.75, 3.05) is 0 Å². The molecule has 0 aromatic heterocycles. The van der Waals surface area contributed by atoms with E-state index in [1.54, 1.807) is 12.1 Å². The van der Waals surface area contributed by atoms with Gasteiger partial charge in [0.25, 0.3) is 0 Å². The Morgan fingerprint density at radius 2 is 1.70 bits per heavy atom. The van der Waals surface area contributed by atoms with Crippen LogP contribution in [0.5, 0.6) is 5.75 Å². The molecule has 2 aromatic carbocycles. The highest BCUT2D eigenvalue weighted by molar-refractivity contribution is 5.39. The van der Waals surface area contributed by atoms with Crippen LogP contribution in [0.15, 0.2) is 36.4 Å². The molecule has 0 saturated carbocycles. The predicted octanol–water partition coefficient (Wildman–Crippen LogP) is 3.63. The lowest BCUT2D eigenvalue weighted by Gasteiger charge is -2.30. The van der Waals surface area contributed by atoms with E-state index in [0.717, 1.165) is 17.7 Å². The van der Waals surface area contributed by atoms with E-state index in [9.17, 15) is 13.2 Å². The Kier molecular flexibility index (Phi) is 3.14. The van der Waals surface area contributed by atoms with Crippen LogP contribution in [0, 0.1) is 17.5 Å². The molecule has 2 atom stereocenters. The molecular weight excluding hydrogens is 267 g/mol. The van der Waals surface area contributed by atoms with Gasteiger partial charge in [-0.05, 0) is 23.8 Å². The first-order valence-corrected chi connectivity index (χ1v) is 6.22. The standard InChI is InChI=1S/C15H12F3NO/c16-10-5-8(6-11(17)15(10)18)14-7-12(19)9-3-1-2-4-13(9)20-14/h1-6,12,14H,7,19H2/t12-,14?/m1/s1. The van der Waals surface area contributed by atoms with Crippen molar-refractivity contribution in [2.24, 2.45) is 5.73 Å². The third-order valence-corrected chi connectivity index (χ3v) is 3.43. The fourth-order valence-electron chi connectivity index (χ4n) is 2.42. The number of halogens is 3. The van der Waals surface area contributed by atoms with E-state index < -0.39 is 23.6 Å². The zero-order valence-corrected chi connectivity index (χ0v) is 10.4. The Hall–Kier alpha value is -2.01. The summed E-state index contributed by atoms with van der Waals surface area (Å²) in [6, 6.07) is 8.84. The average Bonchev–Trinajstić information content (AvgIpc) is 2.44. The second-order valence-corrected chi connectivity index (χ2v) is 4.79. The van der Waals surface area contributed by atoms with Gasteiger partial charge in [0.15, 0.2) is 17.5 Å². The zero-order chi connectivity index (χ0) is 14.3. The van der Waals surface area contributed by atoms with Gasteiger partial charge in [-0.1, -0.05) is 18.2 Å². The lowest BCUT2D eigenvalue weighted by atomic mass is 9.93. The van der Waals surface area contributed by atoms with E-state index in [4.69, 9.17) is 10.5 Å². The van der Waals surface area contributed by atoms with Gasteiger partial charge in [0, 0.05) is 18.0 Å². The lowest BCUT2D eigenvalue weighted by molar-refractivity contribution is 0.160. The number of ether oxygens (including phenoxy) is 1. The van der Waals surface area contributed by atoms with Gasteiger partial charge in [0.2, 0.25) is 0 Å². The first kappa shape index (κ1) is 13.0. The molecule has 1 aliphatic heterocycles. The molecule has 0 amide bonds. The Labute approximate surface area is 114 Å². The molecule has 2 N–H and O–H groups in total. The molecule has 1 aliphatic rings. The van der Waals surface area contributed by atoms with Gasteiger partial charge in [-0.2, -0.15) is 0 Å². The molecule has 104 valence electrons. The fraction of sp³-hybridized carbons (Fsp3) is 0.200. The van der Waals surface area contributed by atoms with E-state index in [1.807, 2.05) is 12.1 Å². The molecule has 0 bridgehead atoms. The highest BCUT2D eigenvalue weighted by Gasteiger charge is 2.28. The van der Waals surface area contributed by atoms with Crippen molar-refractivity contribution >= 4 is 0 Å². The minimum absolute atomic E-state index is 0.242. The van der Waals surface area contributed by atoms with Crippen molar-refractivity contribution in [1.29, 1.82) is 0 Å². The molecule has 20 heavy (non-hydrogen) atoms. The smallest absolute Gasteiger partial charge is 0.194 e. The number of nitrogens with two attached hydrogens (primary N) is 1. The molecule has 3 rings (SSSR count). The molecule has 2 nitrogen and oxygen atoms in total. The number of benzene rings is 2. The third kappa shape index (κ3) is 2.14. The van der Waals surface area contributed by atoms with Crippen LogP contribution in [0.3, 0.4) is 0 Å². The van der Waals surface area contributed by atoms with Gasteiger partial charge in [-0.25, -0.2) is 13.2 Å². The second kappa shape index (κ2) is 4.83. The summed E-state index contributed by atoms with van der Waals surface area (Å²) in [5.74, 6) is -3.34. The van der Waals surface area contributed by atoms with Crippen molar-refractivity contribution < 1.29 is 17.9 Å². The highest BCUT2D eigenvalue weighted by atomic mass is 19.2. The molecule has 5 heteroatoms. The van der Waals surface area contributed by atoms with Crippen LogP contribution in [0.1, 0.15) is 29.7 Å². The summed E-state index contributed by atoms with van der Waals surface area (Å²) in [4.78, 5) is 0. The molecular formula is C15H12F3NO. The summed E-state index contributed by atoms with van der Waals surface area (Å²) in [6.45, 7) is 0. The topological polar surface area (TPSA) is 35.2 Å². The predicted molar refractivity (Wildman–Crippen MR) is 67.7 cm³/mol. The Morgan fingerprint density at radius 3 is 2.40 bits per heavy atom. The van der Waals surface area contributed by atoms with Crippen LogP contribution in [-0.4, -0.2) is 0 Å². The van der Waals surface area contributed by atoms with Crippen LogP contribution in [0.4, 0.5) is 13.2 Å². The van der Waals surface area contributed by atoms with Crippen LogP contribution in [0.25, 0.3) is 0 Å². The van der Waals surface area contributed by atoms with E-state index in [0.29, 0.717) is 12.2 Å². The summed E-state index contributed by atoms with van der Waals surface area (Å²) in [5, 5.41) is 0. The van der Waals surface area contributed by atoms with Crippen molar-refractivity contribution in [2.45, 2.75) is 18.6 Å². The third-order valence-electron chi connectivity index (χ3n) is 3.43. The number of para-hydroxylation sites is 1. The maximum Gasteiger partial charge on any atom is 0.194 e. The monoisotopic (exact) mass is 279 g/mol. The van der Waals surface area contributed by atoms with Crippen LogP contribution >= 0.6 is 0 Å². The maximum atomic E-state index is 13.3. The second-order valence-electron chi connectivity index (χ2n) is 4.79. The zero-order valence-electron chi connectivity index (χ0n) is 10.4. The van der Waals surface area contributed by atoms with Gasteiger partial charge in [0.05, 0.1) is 0 Å². The molecule has 1 heterocycles. The Bertz CT molecular complexity index is 636. The number of hydrogen-bond acceptors (Lipinski definition) is 2. The summed E-state index contributed by atoms with van der Waals surface area (Å²) >= 11 is 0. The molecule has 0 spiro atoms. The number of hydrogen-bond donors (Lipinski definition) is 1. The summed E-state index contributed by atoms with van der Waals surface area (Å²) < 4.78 is 45.3. The molecule has 0 radical (unpaired) electrons. The number of rotatable bonds is 1. The summed E-state index contributed by atoms with van der Waals surface area (Å²) in [6.07, 6.45) is -0.217.